The van der Waals surface area contributed by atoms with Gasteiger partial charge in [-0.05, 0) is 114 Å². The van der Waals surface area contributed by atoms with Gasteiger partial charge in [-0.1, -0.05) is 68.5 Å². The highest BCUT2D eigenvalue weighted by molar-refractivity contribution is 5.72. The van der Waals surface area contributed by atoms with Gasteiger partial charge in [-0.2, -0.15) is 0 Å². The van der Waals surface area contributed by atoms with Gasteiger partial charge in [0.25, 0.3) is 0 Å². The summed E-state index contributed by atoms with van der Waals surface area (Å²) >= 11 is 0. The van der Waals surface area contributed by atoms with Crippen molar-refractivity contribution in [2.75, 3.05) is 48.8 Å². The average Bonchev–Trinajstić information content (AvgIpc) is 3.22. The van der Waals surface area contributed by atoms with E-state index in [0.29, 0.717) is 5.75 Å². The third-order valence-corrected chi connectivity index (χ3v) is 10.3. The molecule has 4 aromatic rings. The second kappa shape index (κ2) is 22.2. The zero-order chi connectivity index (χ0) is 41.3. The third kappa shape index (κ3) is 12.8. The van der Waals surface area contributed by atoms with E-state index in [9.17, 15) is 5.11 Å². The second-order valence-electron chi connectivity index (χ2n) is 14.8. The zero-order valence-corrected chi connectivity index (χ0v) is 34.5. The van der Waals surface area contributed by atoms with Crippen LogP contribution in [0.4, 0.5) is 0 Å². The molecule has 0 saturated heterocycles. The van der Waals surface area contributed by atoms with E-state index in [1.54, 1.807) is 34.5 Å². The van der Waals surface area contributed by atoms with Crippen molar-refractivity contribution in [3.63, 3.8) is 0 Å². The van der Waals surface area contributed by atoms with E-state index in [1.165, 1.54) is 5.56 Å². The zero-order valence-electron chi connectivity index (χ0n) is 34.5. The Morgan fingerprint density at radius 3 is 1.88 bits per heavy atom. The molecule has 2 N–H and O–H groups in total. The van der Waals surface area contributed by atoms with Crippen molar-refractivity contribution >= 4 is 12.2 Å². The Morgan fingerprint density at radius 1 is 0.737 bits per heavy atom. The summed E-state index contributed by atoms with van der Waals surface area (Å²) in [4.78, 5) is 0. The molecule has 6 rings (SSSR count). The molecule has 0 spiro atoms. The van der Waals surface area contributed by atoms with Gasteiger partial charge in [0.15, 0.2) is 31.9 Å². The number of ether oxygens (including phenoxy) is 8. The number of aliphatic hydroxyl groups is 2. The second-order valence-corrected chi connectivity index (χ2v) is 14.8. The van der Waals surface area contributed by atoms with Gasteiger partial charge in [-0.3, -0.25) is 0 Å². The highest BCUT2D eigenvalue weighted by Gasteiger charge is 2.54. The number of rotatable bonds is 15. The first kappa shape index (κ1) is 44.9. The first-order valence-corrected chi connectivity index (χ1v) is 19.1. The van der Waals surface area contributed by atoms with Crippen LogP contribution in [-0.4, -0.2) is 70.7 Å². The maximum Gasteiger partial charge on any atom is 0.188 e. The monoisotopic (exact) mass is 784 g/mol. The predicted molar refractivity (Wildman–Crippen MR) is 224 cm³/mol. The summed E-state index contributed by atoms with van der Waals surface area (Å²) in [5.74, 6) is 4.13. The number of fused-ring (bicyclic) bond motifs is 2. The SMILES string of the molecule is C=CCc1cccc(OCOC)c1.COCOc1cccc(/C=C/c2cc3c(c(OC)c2)O[C@]2(C)CC[C@@H](O)C(C)(C)[C@H]2C3)c1.COCOc1cccc(CO)c1. The van der Waals surface area contributed by atoms with Crippen LogP contribution in [0.15, 0.2) is 97.6 Å². The normalized spacial score (nSPS) is 19.0. The highest BCUT2D eigenvalue weighted by Crippen LogP contribution is 2.55. The minimum Gasteiger partial charge on any atom is -0.493 e. The fourth-order valence-electron chi connectivity index (χ4n) is 7.19. The molecule has 1 aliphatic heterocycles. The fraction of sp³-hybridized carbons (Fsp3) is 0.404. The number of hydrogen-bond donors (Lipinski definition) is 2. The molecule has 1 fully saturated rings. The molecule has 0 amide bonds. The minimum absolute atomic E-state index is 0.0319. The van der Waals surface area contributed by atoms with Crippen molar-refractivity contribution in [3.05, 3.63) is 125 Å². The molecule has 10 nitrogen and oxygen atoms in total. The summed E-state index contributed by atoms with van der Waals surface area (Å²) in [6.45, 7) is 11.0. The standard InChI is InChI=1S/C27H34O5.C11H14O2.C9H12O3/c1-26(2)23-16-20-13-19(10-9-18-7-6-8-21(14-18)31-17-29-4)15-22(30-5)25(20)32-27(23,3)12-11-24(26)28;1-3-5-10-6-4-7-11(8-10)13-9-12-2;1-11-7-12-9-4-2-3-8(5-9)6-10/h6-10,13-15,23-24,28H,11-12,16-17H2,1-5H3;3-4,6-8H,1,5,9H2,2H3;2-5,10H,6-7H2,1H3/b10-9+;;/t23-,24-,27-;;/m1../s1. The fourth-order valence-corrected chi connectivity index (χ4v) is 7.19. The van der Waals surface area contributed by atoms with E-state index < -0.39 is 0 Å². The molecule has 2 aliphatic rings. The summed E-state index contributed by atoms with van der Waals surface area (Å²) in [5, 5.41) is 19.5. The van der Waals surface area contributed by atoms with E-state index in [0.717, 1.165) is 70.9 Å². The maximum atomic E-state index is 10.7. The van der Waals surface area contributed by atoms with E-state index in [-0.39, 0.29) is 50.0 Å². The Bertz CT molecular complexity index is 1870. The van der Waals surface area contributed by atoms with E-state index >= 15 is 0 Å². The lowest BCUT2D eigenvalue weighted by Crippen LogP contribution is -2.58. The van der Waals surface area contributed by atoms with E-state index in [1.807, 2.05) is 78.9 Å². The number of hydrogen-bond acceptors (Lipinski definition) is 10. The molecule has 0 radical (unpaired) electrons. The van der Waals surface area contributed by atoms with Crippen LogP contribution in [0.5, 0.6) is 28.7 Å². The molecule has 3 atom stereocenters. The first-order chi connectivity index (χ1) is 27.5. The molecule has 57 heavy (non-hydrogen) atoms. The molecule has 0 bridgehead atoms. The predicted octanol–water partition coefficient (Wildman–Crippen LogP) is 8.90. The van der Waals surface area contributed by atoms with E-state index in [2.05, 4.69) is 45.6 Å². The molecular weight excluding hydrogens is 725 g/mol. The largest absolute Gasteiger partial charge is 0.493 e. The van der Waals surface area contributed by atoms with Crippen molar-refractivity contribution in [1.29, 1.82) is 0 Å². The third-order valence-electron chi connectivity index (χ3n) is 10.3. The maximum absolute atomic E-state index is 10.7. The molecule has 0 aromatic heterocycles. The quantitative estimate of drug-likeness (QED) is 0.0689. The molecule has 308 valence electrons. The molecule has 4 aromatic carbocycles. The molecule has 1 aliphatic carbocycles. The van der Waals surface area contributed by atoms with Gasteiger partial charge >= 0.3 is 0 Å². The Balaban J connectivity index is 0.000000235. The van der Waals surface area contributed by atoms with E-state index in [4.69, 9.17) is 43.0 Å². The van der Waals surface area contributed by atoms with Crippen molar-refractivity contribution in [2.24, 2.45) is 11.3 Å². The lowest BCUT2D eigenvalue weighted by molar-refractivity contribution is -0.138. The summed E-state index contributed by atoms with van der Waals surface area (Å²) in [5.41, 5.74) is 4.73. The van der Waals surface area contributed by atoms with Crippen molar-refractivity contribution in [1.82, 2.24) is 0 Å². The van der Waals surface area contributed by atoms with Crippen LogP contribution < -0.4 is 23.7 Å². The Kier molecular flexibility index (Phi) is 17.5. The van der Waals surface area contributed by atoms with Crippen LogP contribution in [0.3, 0.4) is 0 Å². The first-order valence-electron chi connectivity index (χ1n) is 19.1. The van der Waals surface area contributed by atoms with Gasteiger partial charge in [0.1, 0.15) is 22.8 Å². The van der Waals surface area contributed by atoms with Gasteiger partial charge in [-0.25, -0.2) is 0 Å². The molecule has 10 heteroatoms. The van der Waals surface area contributed by atoms with Gasteiger partial charge < -0.3 is 48.1 Å². The van der Waals surface area contributed by atoms with Crippen molar-refractivity contribution < 1.29 is 48.1 Å². The van der Waals surface area contributed by atoms with Crippen LogP contribution in [0.2, 0.25) is 0 Å². The van der Waals surface area contributed by atoms with Crippen molar-refractivity contribution in [2.45, 2.75) is 64.8 Å². The van der Waals surface area contributed by atoms with Gasteiger partial charge in [0, 0.05) is 27.2 Å². The van der Waals surface area contributed by atoms with Crippen LogP contribution >= 0.6 is 0 Å². The van der Waals surface area contributed by atoms with Crippen LogP contribution in [0, 0.1) is 11.3 Å². The van der Waals surface area contributed by atoms with Crippen LogP contribution in [0.25, 0.3) is 12.2 Å². The van der Waals surface area contributed by atoms with Gasteiger partial charge in [-0.15, -0.1) is 6.58 Å². The Hall–Kier alpha value is -4.84. The number of methoxy groups -OCH3 is 4. The van der Waals surface area contributed by atoms with Crippen LogP contribution in [0.1, 0.15) is 61.4 Å². The summed E-state index contributed by atoms with van der Waals surface area (Å²) in [7, 11) is 6.46. The summed E-state index contributed by atoms with van der Waals surface area (Å²) < 4.78 is 42.8. The minimum atomic E-state index is -0.316. The average molecular weight is 785 g/mol. The lowest BCUT2D eigenvalue weighted by Gasteiger charge is -2.55. The molecular formula is C47H60O10. The van der Waals surface area contributed by atoms with Crippen LogP contribution in [-0.2, 0) is 33.7 Å². The molecule has 0 unspecified atom stereocenters. The number of benzene rings is 4. The lowest BCUT2D eigenvalue weighted by atomic mass is 9.57. The van der Waals surface area contributed by atoms with Crippen molar-refractivity contribution in [3.8, 4) is 28.7 Å². The number of aliphatic hydroxyl groups excluding tert-OH is 2. The highest BCUT2D eigenvalue weighted by atomic mass is 16.7. The summed E-state index contributed by atoms with van der Waals surface area (Å²) in [6.07, 6.45) is 9.01. The molecule has 1 heterocycles. The summed E-state index contributed by atoms with van der Waals surface area (Å²) in [6, 6.07) is 27.2. The Labute approximate surface area is 338 Å². The molecule has 1 saturated carbocycles. The van der Waals surface area contributed by atoms with Gasteiger partial charge in [0.05, 0.1) is 19.8 Å². The topological polar surface area (TPSA) is 114 Å². The smallest absolute Gasteiger partial charge is 0.188 e. The number of allylic oxidation sites excluding steroid dienone is 1. The Morgan fingerprint density at radius 2 is 1.30 bits per heavy atom. The van der Waals surface area contributed by atoms with Gasteiger partial charge in [0.2, 0.25) is 0 Å².